The van der Waals surface area contributed by atoms with Crippen LogP contribution in [0.5, 0.6) is 5.75 Å². The van der Waals surface area contributed by atoms with Crippen molar-refractivity contribution in [3.05, 3.63) is 30.0 Å². The van der Waals surface area contributed by atoms with E-state index in [0.29, 0.717) is 6.54 Å². The summed E-state index contributed by atoms with van der Waals surface area (Å²) in [5.41, 5.74) is 0.775. The van der Waals surface area contributed by atoms with Crippen molar-refractivity contribution in [1.82, 2.24) is 15.5 Å². The van der Waals surface area contributed by atoms with E-state index in [1.54, 1.807) is 14.2 Å². The van der Waals surface area contributed by atoms with Crippen LogP contribution in [0.1, 0.15) is 5.76 Å². The van der Waals surface area contributed by atoms with E-state index in [9.17, 15) is 0 Å². The molecule has 3 rings (SSSR count). The maximum Gasteiger partial charge on any atom is 0.191 e. The minimum Gasteiger partial charge on any atom is -0.493 e. The molecule has 0 bridgehead atoms. The minimum absolute atomic E-state index is 0.565. The molecule has 136 valence electrons. The van der Waals surface area contributed by atoms with Crippen molar-refractivity contribution in [3.8, 4) is 5.75 Å². The molecule has 0 spiro atoms. The highest BCUT2D eigenvalue weighted by Gasteiger charge is 2.11. The van der Waals surface area contributed by atoms with Gasteiger partial charge < -0.3 is 24.5 Å². The first-order chi connectivity index (χ1) is 12.3. The summed E-state index contributed by atoms with van der Waals surface area (Å²) in [7, 11) is 3.42. The van der Waals surface area contributed by atoms with E-state index in [4.69, 9.17) is 13.9 Å². The molecule has 1 saturated heterocycles. The lowest BCUT2D eigenvalue weighted by molar-refractivity contribution is 0.0389. The van der Waals surface area contributed by atoms with Gasteiger partial charge in [0.1, 0.15) is 5.76 Å². The summed E-state index contributed by atoms with van der Waals surface area (Å²) in [6.45, 7) is 6.02. The molecule has 7 nitrogen and oxygen atoms in total. The number of para-hydroxylation sites is 1. The smallest absolute Gasteiger partial charge is 0.191 e. The molecule has 1 aromatic carbocycles. The van der Waals surface area contributed by atoms with Gasteiger partial charge in [0.25, 0.3) is 0 Å². The van der Waals surface area contributed by atoms with Gasteiger partial charge in [-0.15, -0.1) is 0 Å². The molecular formula is C18H26N4O3. The van der Waals surface area contributed by atoms with Crippen LogP contribution in [0.2, 0.25) is 0 Å². The average Bonchev–Trinajstić information content (AvgIpc) is 3.08. The first-order valence-corrected chi connectivity index (χ1v) is 8.60. The molecule has 1 aliphatic rings. The molecule has 0 aliphatic carbocycles. The number of morpholine rings is 1. The van der Waals surface area contributed by atoms with Crippen molar-refractivity contribution in [2.24, 2.45) is 4.99 Å². The van der Waals surface area contributed by atoms with Crippen molar-refractivity contribution in [2.45, 2.75) is 6.54 Å². The molecule has 2 N–H and O–H groups in total. The number of nitrogens with zero attached hydrogens (tertiary/aromatic N) is 2. The molecule has 2 aromatic rings. The van der Waals surface area contributed by atoms with Crippen molar-refractivity contribution in [2.75, 3.05) is 53.6 Å². The zero-order chi connectivity index (χ0) is 17.5. The lowest BCUT2D eigenvalue weighted by Crippen LogP contribution is -2.44. The van der Waals surface area contributed by atoms with E-state index in [-0.39, 0.29) is 0 Å². The fourth-order valence-electron chi connectivity index (χ4n) is 2.89. The fourth-order valence-corrected chi connectivity index (χ4v) is 2.89. The number of guanidine groups is 1. The Morgan fingerprint density at radius 2 is 2.12 bits per heavy atom. The largest absolute Gasteiger partial charge is 0.493 e. The molecule has 0 saturated carbocycles. The lowest BCUT2D eigenvalue weighted by atomic mass is 10.2. The van der Waals surface area contributed by atoms with Crippen LogP contribution in [0.4, 0.5) is 0 Å². The predicted octanol–water partition coefficient (Wildman–Crippen LogP) is 1.44. The molecule has 0 radical (unpaired) electrons. The highest BCUT2D eigenvalue weighted by atomic mass is 16.5. The number of methoxy groups -OCH3 is 1. The molecule has 2 heterocycles. The third-order valence-electron chi connectivity index (χ3n) is 4.26. The number of aliphatic imine (C=N–C) groups is 1. The van der Waals surface area contributed by atoms with Crippen molar-refractivity contribution in [1.29, 1.82) is 0 Å². The fraction of sp³-hybridized carbons (Fsp3) is 0.500. The van der Waals surface area contributed by atoms with Gasteiger partial charge in [0.05, 0.1) is 26.9 Å². The monoisotopic (exact) mass is 346 g/mol. The summed E-state index contributed by atoms with van der Waals surface area (Å²) in [6, 6.07) is 7.89. The van der Waals surface area contributed by atoms with E-state index < -0.39 is 0 Å². The van der Waals surface area contributed by atoms with E-state index in [0.717, 1.165) is 67.8 Å². The average molecular weight is 346 g/mol. The van der Waals surface area contributed by atoms with Crippen LogP contribution in [0.15, 0.2) is 33.7 Å². The second-order valence-electron chi connectivity index (χ2n) is 5.90. The van der Waals surface area contributed by atoms with Crippen LogP contribution < -0.4 is 15.4 Å². The number of hydrogen-bond acceptors (Lipinski definition) is 5. The summed E-state index contributed by atoms with van der Waals surface area (Å²) in [6.07, 6.45) is 0. The van der Waals surface area contributed by atoms with Gasteiger partial charge in [0, 0.05) is 38.6 Å². The van der Waals surface area contributed by atoms with Crippen LogP contribution in [0.3, 0.4) is 0 Å². The molecule has 1 aliphatic heterocycles. The van der Waals surface area contributed by atoms with E-state index in [2.05, 4.69) is 20.5 Å². The number of benzene rings is 1. The quantitative estimate of drug-likeness (QED) is 0.609. The van der Waals surface area contributed by atoms with Crippen LogP contribution in [0.25, 0.3) is 11.0 Å². The molecular weight excluding hydrogens is 320 g/mol. The Labute approximate surface area is 148 Å². The maximum absolute atomic E-state index is 5.89. The van der Waals surface area contributed by atoms with Crippen LogP contribution in [0, 0.1) is 0 Å². The Morgan fingerprint density at radius 3 is 2.88 bits per heavy atom. The lowest BCUT2D eigenvalue weighted by Gasteiger charge is -2.26. The second-order valence-corrected chi connectivity index (χ2v) is 5.90. The highest BCUT2D eigenvalue weighted by molar-refractivity contribution is 5.84. The maximum atomic E-state index is 5.89. The van der Waals surface area contributed by atoms with Crippen LogP contribution in [-0.2, 0) is 11.3 Å². The summed E-state index contributed by atoms with van der Waals surface area (Å²) >= 11 is 0. The van der Waals surface area contributed by atoms with Gasteiger partial charge in [-0.25, -0.2) is 0 Å². The standard InChI is InChI=1S/C18H26N4O3/c1-19-18(20-6-7-22-8-10-24-11-9-22)21-13-15-12-14-4-3-5-16(23-2)17(14)25-15/h3-5,12H,6-11,13H2,1-2H3,(H2,19,20,21). The molecule has 1 fully saturated rings. The predicted molar refractivity (Wildman–Crippen MR) is 98.2 cm³/mol. The van der Waals surface area contributed by atoms with Gasteiger partial charge in [-0.3, -0.25) is 9.89 Å². The number of furan rings is 1. The second kappa shape index (κ2) is 8.73. The van der Waals surface area contributed by atoms with E-state index in [1.807, 2.05) is 24.3 Å². The molecule has 7 heteroatoms. The summed E-state index contributed by atoms with van der Waals surface area (Å²) < 4.78 is 16.6. The number of ether oxygens (including phenoxy) is 2. The zero-order valence-electron chi connectivity index (χ0n) is 14.9. The third kappa shape index (κ3) is 4.64. The van der Waals surface area contributed by atoms with Gasteiger partial charge >= 0.3 is 0 Å². The Kier molecular flexibility index (Phi) is 6.14. The van der Waals surface area contributed by atoms with E-state index >= 15 is 0 Å². The van der Waals surface area contributed by atoms with Crippen molar-refractivity contribution in [3.63, 3.8) is 0 Å². The Morgan fingerprint density at radius 1 is 1.28 bits per heavy atom. The van der Waals surface area contributed by atoms with Gasteiger partial charge in [-0.1, -0.05) is 12.1 Å². The van der Waals surface area contributed by atoms with Gasteiger partial charge in [-0.05, 0) is 12.1 Å². The molecule has 25 heavy (non-hydrogen) atoms. The Hall–Kier alpha value is -2.25. The normalized spacial score (nSPS) is 16.2. The van der Waals surface area contributed by atoms with Gasteiger partial charge in [0.2, 0.25) is 0 Å². The van der Waals surface area contributed by atoms with Crippen LogP contribution >= 0.6 is 0 Å². The first kappa shape index (κ1) is 17.6. The topological polar surface area (TPSA) is 71.3 Å². The third-order valence-corrected chi connectivity index (χ3v) is 4.26. The van der Waals surface area contributed by atoms with Gasteiger partial charge in [-0.2, -0.15) is 0 Å². The van der Waals surface area contributed by atoms with Crippen LogP contribution in [-0.4, -0.2) is 64.4 Å². The molecule has 0 atom stereocenters. The minimum atomic E-state index is 0.565. The zero-order valence-corrected chi connectivity index (χ0v) is 14.9. The Balaban J connectivity index is 1.49. The molecule has 0 amide bonds. The first-order valence-electron chi connectivity index (χ1n) is 8.60. The highest BCUT2D eigenvalue weighted by Crippen LogP contribution is 2.28. The number of fused-ring (bicyclic) bond motifs is 1. The summed E-state index contributed by atoms with van der Waals surface area (Å²) in [5, 5.41) is 7.65. The van der Waals surface area contributed by atoms with E-state index in [1.165, 1.54) is 0 Å². The van der Waals surface area contributed by atoms with Gasteiger partial charge in [0.15, 0.2) is 17.3 Å². The van der Waals surface area contributed by atoms with Crippen molar-refractivity contribution >= 4 is 16.9 Å². The van der Waals surface area contributed by atoms with Crippen molar-refractivity contribution < 1.29 is 13.9 Å². The molecule has 1 aromatic heterocycles. The number of rotatable bonds is 6. The summed E-state index contributed by atoms with van der Waals surface area (Å²) in [5.74, 6) is 2.35. The summed E-state index contributed by atoms with van der Waals surface area (Å²) in [4.78, 5) is 6.64. The SMILES string of the molecule is CN=C(NCCN1CCOCC1)NCc1cc2cccc(OC)c2o1. The Bertz CT molecular complexity index is 707. The number of nitrogens with one attached hydrogen (secondary N) is 2. The molecule has 0 unspecified atom stereocenters. The number of hydrogen-bond donors (Lipinski definition) is 2.